The van der Waals surface area contributed by atoms with Crippen molar-refractivity contribution in [2.45, 2.75) is 19.3 Å². The summed E-state index contributed by atoms with van der Waals surface area (Å²) in [4.78, 5) is 50.1. The average molecular weight is 575 g/mol. The Bertz CT molecular complexity index is 1680. The Morgan fingerprint density at radius 1 is 1.10 bits per heavy atom. The molecule has 8 nitrogen and oxygen atoms in total. The van der Waals surface area contributed by atoms with Crippen LogP contribution in [-0.2, 0) is 14.3 Å². The van der Waals surface area contributed by atoms with Crippen LogP contribution in [0.2, 0.25) is 5.02 Å². The number of nitro groups is 1. The van der Waals surface area contributed by atoms with Crippen molar-refractivity contribution in [3.8, 4) is 0 Å². The standard InChI is InChI=1S/C30H23ClN2O6S/c1-2-39-30(36)26-23(18-6-5-7-21(14-18)33(37)38)15-19(16-24(26)34)17-10-12-20(13-11-17)32-29(35)28-27(31)22-8-3-4-9-25(22)40-28/h3-14,16,23,26H,2,15H2,1H3,(H,32,35). The Labute approximate surface area is 238 Å². The zero-order valence-corrected chi connectivity index (χ0v) is 22.8. The van der Waals surface area contributed by atoms with Crippen LogP contribution in [0.25, 0.3) is 15.7 Å². The second-order valence-electron chi connectivity index (χ2n) is 9.24. The molecular weight excluding hydrogens is 552 g/mol. The predicted molar refractivity (Wildman–Crippen MR) is 155 cm³/mol. The third-order valence-corrected chi connectivity index (χ3v) is 8.44. The molecule has 1 aromatic heterocycles. The number of carbonyl (C=O) groups excluding carboxylic acids is 3. The highest BCUT2D eigenvalue weighted by molar-refractivity contribution is 7.21. The van der Waals surface area contributed by atoms with Gasteiger partial charge in [0.2, 0.25) is 0 Å². The van der Waals surface area contributed by atoms with Crippen molar-refractivity contribution in [1.82, 2.24) is 0 Å². The van der Waals surface area contributed by atoms with E-state index in [4.69, 9.17) is 16.3 Å². The highest BCUT2D eigenvalue weighted by atomic mass is 35.5. The third kappa shape index (κ3) is 5.38. The van der Waals surface area contributed by atoms with E-state index in [1.54, 1.807) is 43.3 Å². The van der Waals surface area contributed by atoms with Gasteiger partial charge in [0.25, 0.3) is 11.6 Å². The fraction of sp³-hybridized carbons (Fsp3) is 0.167. The Morgan fingerprint density at radius 3 is 2.55 bits per heavy atom. The second-order valence-corrected chi connectivity index (χ2v) is 10.7. The zero-order chi connectivity index (χ0) is 28.4. The fourth-order valence-corrected chi connectivity index (χ4v) is 6.29. The Morgan fingerprint density at radius 2 is 1.85 bits per heavy atom. The first-order valence-electron chi connectivity index (χ1n) is 12.5. The predicted octanol–water partition coefficient (Wildman–Crippen LogP) is 7.03. The normalized spacial score (nSPS) is 16.9. The summed E-state index contributed by atoms with van der Waals surface area (Å²) in [6.45, 7) is 1.77. The van der Waals surface area contributed by atoms with Gasteiger partial charge in [-0.1, -0.05) is 54.1 Å². The number of fused-ring (bicyclic) bond motifs is 1. The summed E-state index contributed by atoms with van der Waals surface area (Å²) in [5, 5.41) is 15.5. The molecule has 0 spiro atoms. The maximum absolute atomic E-state index is 13.2. The zero-order valence-electron chi connectivity index (χ0n) is 21.3. The molecule has 0 fully saturated rings. The van der Waals surface area contributed by atoms with Gasteiger partial charge in [-0.2, -0.15) is 0 Å². The number of anilines is 1. The maximum atomic E-state index is 13.2. The minimum atomic E-state index is -1.10. The number of hydrogen-bond donors (Lipinski definition) is 1. The topological polar surface area (TPSA) is 116 Å². The van der Waals surface area contributed by atoms with Crippen molar-refractivity contribution in [3.05, 3.63) is 110 Å². The van der Waals surface area contributed by atoms with Gasteiger partial charge in [-0.25, -0.2) is 0 Å². The van der Waals surface area contributed by atoms with Crippen LogP contribution in [0.4, 0.5) is 11.4 Å². The van der Waals surface area contributed by atoms with Crippen LogP contribution in [0.1, 0.15) is 40.1 Å². The van der Waals surface area contributed by atoms with Crippen LogP contribution in [0.3, 0.4) is 0 Å². The fourth-order valence-electron chi connectivity index (χ4n) is 4.88. The Hall–Kier alpha value is -4.34. The van der Waals surface area contributed by atoms with Crippen molar-refractivity contribution in [2.24, 2.45) is 5.92 Å². The molecule has 1 aliphatic rings. The van der Waals surface area contributed by atoms with Gasteiger partial charge in [-0.05, 0) is 54.3 Å². The molecule has 10 heteroatoms. The maximum Gasteiger partial charge on any atom is 0.317 e. The van der Waals surface area contributed by atoms with Crippen LogP contribution in [0.15, 0.2) is 78.9 Å². The van der Waals surface area contributed by atoms with Crippen molar-refractivity contribution < 1.29 is 24.0 Å². The number of non-ortho nitro benzene ring substituents is 1. The molecule has 2 unspecified atom stereocenters. The van der Waals surface area contributed by atoms with E-state index in [1.165, 1.54) is 29.5 Å². The first-order valence-corrected chi connectivity index (χ1v) is 13.7. The molecule has 0 saturated carbocycles. The first kappa shape index (κ1) is 27.2. The molecular formula is C30H23ClN2O6S. The molecule has 0 bridgehead atoms. The molecule has 2 atom stereocenters. The van der Waals surface area contributed by atoms with E-state index < -0.39 is 28.5 Å². The number of halogens is 1. The lowest BCUT2D eigenvalue weighted by Crippen LogP contribution is -2.34. The number of benzene rings is 3. The third-order valence-electron chi connectivity index (χ3n) is 6.77. The van der Waals surface area contributed by atoms with Crippen molar-refractivity contribution >= 4 is 67.6 Å². The van der Waals surface area contributed by atoms with Crippen LogP contribution in [0.5, 0.6) is 0 Å². The second kappa shape index (κ2) is 11.4. The first-order chi connectivity index (χ1) is 19.3. The van der Waals surface area contributed by atoms with Crippen LogP contribution in [0, 0.1) is 16.0 Å². The van der Waals surface area contributed by atoms with Gasteiger partial charge in [0.1, 0.15) is 10.8 Å². The molecule has 1 aliphatic carbocycles. The largest absolute Gasteiger partial charge is 0.465 e. The number of esters is 1. The number of hydrogen-bond acceptors (Lipinski definition) is 7. The lowest BCUT2D eigenvalue weighted by Gasteiger charge is -2.29. The minimum Gasteiger partial charge on any atom is -0.465 e. The molecule has 1 heterocycles. The van der Waals surface area contributed by atoms with Gasteiger partial charge in [0.05, 0.1) is 16.6 Å². The summed E-state index contributed by atoms with van der Waals surface area (Å²) in [6, 6.07) is 20.5. The molecule has 5 rings (SSSR count). The minimum absolute atomic E-state index is 0.112. The monoisotopic (exact) mass is 574 g/mol. The van der Waals surface area contributed by atoms with Gasteiger partial charge in [0.15, 0.2) is 5.78 Å². The number of carbonyl (C=O) groups is 3. The smallest absolute Gasteiger partial charge is 0.317 e. The molecule has 202 valence electrons. The Balaban J connectivity index is 1.40. The molecule has 40 heavy (non-hydrogen) atoms. The summed E-state index contributed by atoms with van der Waals surface area (Å²) >= 11 is 7.76. The number of thiophene rings is 1. The van der Waals surface area contributed by atoms with E-state index in [-0.39, 0.29) is 18.2 Å². The molecule has 1 amide bonds. The number of ether oxygens (including phenoxy) is 1. The SMILES string of the molecule is CCOC(=O)C1C(=O)C=C(c2ccc(NC(=O)c3sc4ccccc4c3Cl)cc2)CC1c1cccc([N+](=O)[O-])c1. The number of nitrogens with zero attached hydrogens (tertiary/aromatic N) is 1. The molecule has 1 N–H and O–H groups in total. The van der Waals surface area contributed by atoms with Crippen molar-refractivity contribution in [2.75, 3.05) is 11.9 Å². The van der Waals surface area contributed by atoms with Gasteiger partial charge < -0.3 is 10.1 Å². The van der Waals surface area contributed by atoms with E-state index in [9.17, 15) is 24.5 Å². The van der Waals surface area contributed by atoms with E-state index in [0.717, 1.165) is 15.6 Å². The van der Waals surface area contributed by atoms with E-state index >= 15 is 0 Å². The highest BCUT2D eigenvalue weighted by Gasteiger charge is 2.40. The summed E-state index contributed by atoms with van der Waals surface area (Å²) in [5.74, 6) is -3.14. The van der Waals surface area contributed by atoms with Crippen molar-refractivity contribution in [3.63, 3.8) is 0 Å². The van der Waals surface area contributed by atoms with Crippen LogP contribution in [-0.4, -0.2) is 29.2 Å². The number of amides is 1. The summed E-state index contributed by atoms with van der Waals surface area (Å²) in [7, 11) is 0. The van der Waals surface area contributed by atoms with Crippen LogP contribution >= 0.6 is 22.9 Å². The number of nitro benzene ring substituents is 1. The average Bonchev–Trinajstić information content (AvgIpc) is 3.29. The lowest BCUT2D eigenvalue weighted by atomic mass is 9.73. The molecule has 3 aromatic carbocycles. The van der Waals surface area contributed by atoms with Gasteiger partial charge in [-0.3, -0.25) is 24.5 Å². The van der Waals surface area contributed by atoms with Crippen molar-refractivity contribution in [1.29, 1.82) is 0 Å². The number of nitrogens with one attached hydrogen (secondary N) is 1. The quantitative estimate of drug-likeness (QED) is 0.110. The van der Waals surface area contributed by atoms with Gasteiger partial charge in [0, 0.05) is 33.8 Å². The van der Waals surface area contributed by atoms with E-state index in [0.29, 0.717) is 33.1 Å². The number of ketones is 1. The van der Waals surface area contributed by atoms with Crippen LogP contribution < -0.4 is 5.32 Å². The summed E-state index contributed by atoms with van der Waals surface area (Å²) < 4.78 is 6.09. The summed E-state index contributed by atoms with van der Waals surface area (Å²) in [6.07, 6.45) is 1.72. The highest BCUT2D eigenvalue weighted by Crippen LogP contribution is 2.41. The van der Waals surface area contributed by atoms with Gasteiger partial charge >= 0.3 is 5.97 Å². The molecule has 4 aromatic rings. The lowest BCUT2D eigenvalue weighted by molar-refractivity contribution is -0.384. The number of allylic oxidation sites excluding steroid dienone is 2. The summed E-state index contributed by atoms with van der Waals surface area (Å²) in [5.41, 5.74) is 2.33. The number of rotatable bonds is 7. The van der Waals surface area contributed by atoms with Gasteiger partial charge in [-0.15, -0.1) is 11.3 Å². The molecule has 0 radical (unpaired) electrons. The van der Waals surface area contributed by atoms with E-state index in [2.05, 4.69) is 5.32 Å². The van der Waals surface area contributed by atoms with E-state index in [1.807, 2.05) is 24.3 Å². The molecule has 0 aliphatic heterocycles. The Kier molecular flexibility index (Phi) is 7.77. The molecule has 0 saturated heterocycles.